The number of benzene rings is 3. The standard InChI is InChI=1S/C29H31ClN6O4/c30-26-9-4-3-6-21(26)14-15-32-35-28(38)29(18-23-7-1-2-8-24(23)19-33-36-31)20-40-27(34-29)22-10-12-25(13-11-22)39-17-5-16-37/h1-4,6-13,32,37H,5,14-20H2,(H,35,38)/t29-/m0/s1. The minimum atomic E-state index is -1.25. The molecule has 0 spiro atoms. The monoisotopic (exact) mass is 562 g/mol. The van der Waals surface area contributed by atoms with Crippen LogP contribution < -0.4 is 15.6 Å². The number of carbonyl (C=O) groups excluding carboxylic acids is 1. The lowest BCUT2D eigenvalue weighted by Crippen LogP contribution is -2.53. The Morgan fingerprint density at radius 2 is 1.82 bits per heavy atom. The summed E-state index contributed by atoms with van der Waals surface area (Å²) in [5.41, 5.74) is 16.7. The Kier molecular flexibility index (Phi) is 10.4. The van der Waals surface area contributed by atoms with Gasteiger partial charge in [0.2, 0.25) is 5.90 Å². The maximum Gasteiger partial charge on any atom is 0.266 e. The summed E-state index contributed by atoms with van der Waals surface area (Å²) in [6, 6.07) is 22.3. The van der Waals surface area contributed by atoms with Crippen LogP contribution in [0.15, 0.2) is 82.9 Å². The van der Waals surface area contributed by atoms with Gasteiger partial charge < -0.3 is 14.6 Å². The molecule has 1 heterocycles. The number of hydrazine groups is 1. The van der Waals surface area contributed by atoms with Crippen molar-refractivity contribution in [2.75, 3.05) is 26.4 Å². The lowest BCUT2D eigenvalue weighted by atomic mass is 9.89. The third-order valence-corrected chi connectivity index (χ3v) is 6.81. The zero-order valence-corrected chi connectivity index (χ0v) is 22.7. The minimum absolute atomic E-state index is 0.0327. The minimum Gasteiger partial charge on any atom is -0.494 e. The Bertz CT molecular complexity index is 1380. The zero-order chi connectivity index (χ0) is 28.2. The van der Waals surface area contributed by atoms with Crippen LogP contribution in [0.2, 0.25) is 5.02 Å². The molecule has 0 unspecified atom stereocenters. The Hall–Kier alpha value is -4.08. The van der Waals surface area contributed by atoms with Crippen molar-refractivity contribution in [3.05, 3.63) is 111 Å². The van der Waals surface area contributed by atoms with Crippen LogP contribution in [0.4, 0.5) is 0 Å². The molecule has 0 radical (unpaired) electrons. The molecule has 1 aliphatic rings. The highest BCUT2D eigenvalue weighted by molar-refractivity contribution is 6.31. The predicted molar refractivity (Wildman–Crippen MR) is 153 cm³/mol. The molecule has 4 rings (SSSR count). The van der Waals surface area contributed by atoms with Crippen molar-refractivity contribution in [3.8, 4) is 5.75 Å². The summed E-state index contributed by atoms with van der Waals surface area (Å²) in [7, 11) is 0. The third-order valence-electron chi connectivity index (χ3n) is 6.44. The van der Waals surface area contributed by atoms with Crippen LogP contribution in [0.1, 0.15) is 28.7 Å². The molecule has 1 atom stereocenters. The molecular weight excluding hydrogens is 532 g/mol. The number of amides is 1. The second-order valence-electron chi connectivity index (χ2n) is 9.24. The van der Waals surface area contributed by atoms with E-state index in [1.807, 2.05) is 60.7 Å². The second-order valence-corrected chi connectivity index (χ2v) is 9.65. The van der Waals surface area contributed by atoms with Gasteiger partial charge in [-0.05, 0) is 59.0 Å². The van der Waals surface area contributed by atoms with Crippen LogP contribution in [0.25, 0.3) is 10.4 Å². The number of hydrogen-bond donors (Lipinski definition) is 3. The summed E-state index contributed by atoms with van der Waals surface area (Å²) in [6.07, 6.45) is 1.41. The van der Waals surface area contributed by atoms with Gasteiger partial charge in [0, 0.05) is 41.5 Å². The first-order chi connectivity index (χ1) is 19.5. The fourth-order valence-electron chi connectivity index (χ4n) is 4.29. The zero-order valence-electron chi connectivity index (χ0n) is 21.9. The van der Waals surface area contributed by atoms with Gasteiger partial charge in [-0.3, -0.25) is 10.2 Å². The molecule has 1 aliphatic heterocycles. The summed E-state index contributed by atoms with van der Waals surface area (Å²) >= 11 is 6.25. The molecule has 3 N–H and O–H groups in total. The Balaban J connectivity index is 1.53. The van der Waals surface area contributed by atoms with E-state index in [0.717, 1.165) is 16.7 Å². The number of aliphatic hydroxyl groups excluding tert-OH is 1. The predicted octanol–water partition coefficient (Wildman–Crippen LogP) is 4.53. The van der Waals surface area contributed by atoms with E-state index in [2.05, 4.69) is 20.9 Å². The van der Waals surface area contributed by atoms with Crippen LogP contribution in [0, 0.1) is 0 Å². The van der Waals surface area contributed by atoms with Gasteiger partial charge in [0.25, 0.3) is 5.91 Å². The smallest absolute Gasteiger partial charge is 0.266 e. The third kappa shape index (κ3) is 7.52. The molecule has 40 heavy (non-hydrogen) atoms. The number of aliphatic imine (C=N–C) groups is 1. The van der Waals surface area contributed by atoms with Gasteiger partial charge in [0.15, 0.2) is 5.54 Å². The van der Waals surface area contributed by atoms with Gasteiger partial charge >= 0.3 is 0 Å². The number of hydrogen-bond acceptors (Lipinski definition) is 7. The Morgan fingerprint density at radius 3 is 2.55 bits per heavy atom. The number of ether oxygens (including phenoxy) is 2. The van der Waals surface area contributed by atoms with Crippen LogP contribution in [-0.2, 0) is 28.9 Å². The first kappa shape index (κ1) is 28.9. The van der Waals surface area contributed by atoms with Gasteiger partial charge in [-0.25, -0.2) is 10.4 Å². The summed E-state index contributed by atoms with van der Waals surface area (Å²) in [5, 5.41) is 13.3. The molecule has 0 aliphatic carbocycles. The van der Waals surface area contributed by atoms with Crippen molar-refractivity contribution < 1.29 is 19.4 Å². The highest BCUT2D eigenvalue weighted by Crippen LogP contribution is 2.29. The number of rotatable bonds is 14. The van der Waals surface area contributed by atoms with Gasteiger partial charge in [0.05, 0.1) is 13.2 Å². The lowest BCUT2D eigenvalue weighted by molar-refractivity contribution is -0.127. The number of carbonyl (C=O) groups is 1. The van der Waals surface area contributed by atoms with E-state index in [1.54, 1.807) is 12.1 Å². The molecule has 0 saturated carbocycles. The number of halogens is 1. The summed E-state index contributed by atoms with van der Waals surface area (Å²) in [4.78, 5) is 21.3. The van der Waals surface area contributed by atoms with Gasteiger partial charge in [-0.2, -0.15) is 0 Å². The highest BCUT2D eigenvalue weighted by atomic mass is 35.5. The van der Waals surface area contributed by atoms with Crippen molar-refractivity contribution in [1.29, 1.82) is 0 Å². The van der Waals surface area contributed by atoms with Gasteiger partial charge in [-0.15, -0.1) is 0 Å². The van der Waals surface area contributed by atoms with Crippen molar-refractivity contribution >= 4 is 23.4 Å². The van der Waals surface area contributed by atoms with E-state index in [1.165, 1.54) is 0 Å². The average molecular weight is 563 g/mol. The first-order valence-electron chi connectivity index (χ1n) is 13.0. The van der Waals surface area contributed by atoms with E-state index < -0.39 is 5.54 Å². The van der Waals surface area contributed by atoms with Crippen molar-refractivity contribution in [1.82, 2.24) is 10.9 Å². The largest absolute Gasteiger partial charge is 0.494 e. The summed E-state index contributed by atoms with van der Waals surface area (Å²) < 4.78 is 11.6. The highest BCUT2D eigenvalue weighted by Gasteiger charge is 2.45. The molecular formula is C29H31ClN6O4. The van der Waals surface area contributed by atoms with E-state index in [-0.39, 0.29) is 32.1 Å². The van der Waals surface area contributed by atoms with E-state index in [0.29, 0.717) is 48.2 Å². The van der Waals surface area contributed by atoms with Crippen LogP contribution in [0.3, 0.4) is 0 Å². The maximum absolute atomic E-state index is 13.6. The number of azide groups is 1. The van der Waals surface area contributed by atoms with E-state index in [9.17, 15) is 4.79 Å². The van der Waals surface area contributed by atoms with Gasteiger partial charge in [0.1, 0.15) is 12.4 Å². The average Bonchev–Trinajstić information content (AvgIpc) is 3.41. The van der Waals surface area contributed by atoms with E-state index >= 15 is 0 Å². The van der Waals surface area contributed by atoms with Gasteiger partial charge in [-0.1, -0.05) is 59.2 Å². The Morgan fingerprint density at radius 1 is 1.10 bits per heavy atom. The fourth-order valence-corrected chi connectivity index (χ4v) is 4.52. The molecule has 0 aromatic heterocycles. The van der Waals surface area contributed by atoms with Crippen molar-refractivity contribution in [3.63, 3.8) is 0 Å². The number of nitrogens with zero attached hydrogens (tertiary/aromatic N) is 4. The van der Waals surface area contributed by atoms with Crippen LogP contribution in [-0.4, -0.2) is 48.8 Å². The molecule has 0 bridgehead atoms. The molecule has 11 heteroatoms. The van der Waals surface area contributed by atoms with Crippen molar-refractivity contribution in [2.45, 2.75) is 31.3 Å². The topological polar surface area (TPSA) is 141 Å². The maximum atomic E-state index is 13.6. The van der Waals surface area contributed by atoms with Crippen LogP contribution in [0.5, 0.6) is 5.75 Å². The molecule has 3 aromatic carbocycles. The van der Waals surface area contributed by atoms with Crippen LogP contribution >= 0.6 is 11.6 Å². The summed E-state index contributed by atoms with van der Waals surface area (Å²) in [5.74, 6) is 0.666. The molecule has 1 amide bonds. The van der Waals surface area contributed by atoms with E-state index in [4.69, 9.17) is 36.7 Å². The van der Waals surface area contributed by atoms with Crippen molar-refractivity contribution in [2.24, 2.45) is 10.1 Å². The molecule has 0 fully saturated rings. The number of nitrogens with one attached hydrogen (secondary N) is 2. The molecule has 10 nitrogen and oxygen atoms in total. The number of aliphatic hydroxyl groups is 1. The first-order valence-corrected chi connectivity index (χ1v) is 13.3. The molecule has 3 aromatic rings. The Labute approximate surface area is 237 Å². The fraction of sp³-hybridized carbons (Fsp3) is 0.310. The quantitative estimate of drug-likeness (QED) is 0.0870. The lowest BCUT2D eigenvalue weighted by Gasteiger charge is -2.24. The summed E-state index contributed by atoms with van der Waals surface area (Å²) in [6.45, 7) is 1.14. The normalized spacial score (nSPS) is 16.0. The second kappa shape index (κ2) is 14.3. The SMILES string of the molecule is [N-]=[N+]=NCc1ccccc1C[C@@]1(C(=O)NNCCc2ccccc2Cl)COC(c2ccc(OCCCO)cc2)=N1. The molecule has 208 valence electrons. The molecule has 0 saturated heterocycles.